The lowest BCUT2D eigenvalue weighted by atomic mass is 10.1. The summed E-state index contributed by atoms with van der Waals surface area (Å²) < 4.78 is 28.5. The van der Waals surface area contributed by atoms with E-state index in [9.17, 15) is 8.78 Å². The minimum Gasteiger partial charge on any atom is -0.435 e. The highest BCUT2D eigenvalue weighted by molar-refractivity contribution is 14.0. The van der Waals surface area contributed by atoms with Crippen molar-refractivity contribution in [2.45, 2.75) is 31.4 Å². The van der Waals surface area contributed by atoms with Crippen molar-refractivity contribution in [1.82, 2.24) is 10.6 Å². The Morgan fingerprint density at radius 2 is 2.05 bits per heavy atom. The predicted octanol–water partition coefficient (Wildman–Crippen LogP) is 2.70. The first-order valence-electron chi connectivity index (χ1n) is 6.82. The monoisotopic (exact) mass is 409 g/mol. The summed E-state index contributed by atoms with van der Waals surface area (Å²) in [7, 11) is 0. The maximum atomic E-state index is 12.1. The van der Waals surface area contributed by atoms with Crippen LogP contribution in [0.3, 0.4) is 0 Å². The van der Waals surface area contributed by atoms with Crippen LogP contribution in [-0.2, 0) is 0 Å². The van der Waals surface area contributed by atoms with Crippen molar-refractivity contribution >= 4 is 29.9 Å². The van der Waals surface area contributed by atoms with Gasteiger partial charge in [-0.15, -0.1) is 24.0 Å². The van der Waals surface area contributed by atoms with Crippen molar-refractivity contribution in [2.24, 2.45) is 4.99 Å². The summed E-state index contributed by atoms with van der Waals surface area (Å²) in [6.07, 6.45) is 2.11. The van der Waals surface area contributed by atoms with Gasteiger partial charge in [0.2, 0.25) is 0 Å². The zero-order valence-electron chi connectivity index (χ0n) is 11.4. The summed E-state index contributed by atoms with van der Waals surface area (Å²) in [4.78, 5) is 4.38. The first kappa shape index (κ1) is 16.3. The average Bonchev–Trinajstić information content (AvgIpc) is 3.19. The van der Waals surface area contributed by atoms with E-state index in [0.717, 1.165) is 37.5 Å². The maximum Gasteiger partial charge on any atom is 0.387 e. The molecule has 1 saturated carbocycles. The Labute approximate surface area is 139 Å². The van der Waals surface area contributed by atoms with Gasteiger partial charge in [0.25, 0.3) is 0 Å². The van der Waals surface area contributed by atoms with Gasteiger partial charge in [-0.1, -0.05) is 12.1 Å². The van der Waals surface area contributed by atoms with Crippen LogP contribution in [0.25, 0.3) is 0 Å². The molecule has 1 aliphatic heterocycles. The molecule has 2 aliphatic rings. The molecule has 1 fully saturated rings. The quantitative estimate of drug-likeness (QED) is 0.752. The van der Waals surface area contributed by atoms with Gasteiger partial charge in [-0.25, -0.2) is 0 Å². The molecule has 1 aromatic rings. The van der Waals surface area contributed by atoms with Crippen LogP contribution >= 0.6 is 24.0 Å². The molecule has 1 aliphatic carbocycles. The Kier molecular flexibility index (Phi) is 5.60. The summed E-state index contributed by atoms with van der Waals surface area (Å²) >= 11 is 0. The molecule has 3 rings (SSSR count). The number of guanidine groups is 1. The number of hydrogen-bond acceptors (Lipinski definition) is 4. The van der Waals surface area contributed by atoms with Gasteiger partial charge in [-0.05, 0) is 30.5 Å². The van der Waals surface area contributed by atoms with E-state index < -0.39 is 6.61 Å². The molecule has 116 valence electrons. The van der Waals surface area contributed by atoms with E-state index in [4.69, 9.17) is 0 Å². The van der Waals surface area contributed by atoms with Gasteiger partial charge in [-0.2, -0.15) is 8.78 Å². The molecular weight excluding hydrogens is 391 g/mol. The third-order valence-corrected chi connectivity index (χ3v) is 3.54. The molecule has 21 heavy (non-hydrogen) atoms. The second-order valence-corrected chi connectivity index (χ2v) is 5.05. The van der Waals surface area contributed by atoms with Crippen molar-refractivity contribution in [1.29, 1.82) is 0 Å². The number of benzene rings is 1. The lowest BCUT2D eigenvalue weighted by molar-refractivity contribution is -0.0498. The van der Waals surface area contributed by atoms with Gasteiger partial charge in [0.15, 0.2) is 5.96 Å². The smallest absolute Gasteiger partial charge is 0.387 e. The van der Waals surface area contributed by atoms with Crippen LogP contribution in [0.4, 0.5) is 8.78 Å². The molecule has 4 nitrogen and oxygen atoms in total. The van der Waals surface area contributed by atoms with Crippen LogP contribution in [-0.4, -0.2) is 31.7 Å². The van der Waals surface area contributed by atoms with Gasteiger partial charge in [-0.3, -0.25) is 4.99 Å². The van der Waals surface area contributed by atoms with Crippen LogP contribution < -0.4 is 15.4 Å². The first-order chi connectivity index (χ1) is 9.72. The average molecular weight is 409 g/mol. The first-order valence-corrected chi connectivity index (χ1v) is 6.82. The Bertz CT molecular complexity index is 495. The number of aliphatic imine (C=N–C) groups is 1. The maximum absolute atomic E-state index is 12.1. The number of nitrogens with one attached hydrogen (secondary N) is 2. The molecule has 0 aromatic heterocycles. The second-order valence-electron chi connectivity index (χ2n) is 5.05. The third-order valence-electron chi connectivity index (χ3n) is 3.54. The summed E-state index contributed by atoms with van der Waals surface area (Å²) in [5, 5.41) is 6.60. The van der Waals surface area contributed by atoms with Crippen molar-refractivity contribution in [3.8, 4) is 5.75 Å². The lowest BCUT2D eigenvalue weighted by Crippen LogP contribution is -2.42. The topological polar surface area (TPSA) is 45.6 Å². The van der Waals surface area contributed by atoms with Crippen LogP contribution in [0, 0.1) is 0 Å². The van der Waals surface area contributed by atoms with E-state index in [1.807, 2.05) is 12.1 Å². The molecule has 0 unspecified atom stereocenters. The normalized spacial score (nSPS) is 23.7. The van der Waals surface area contributed by atoms with E-state index in [1.165, 1.54) is 0 Å². The molecule has 7 heteroatoms. The molecule has 0 radical (unpaired) electrons. The molecule has 1 heterocycles. The molecule has 0 amide bonds. The lowest BCUT2D eigenvalue weighted by Gasteiger charge is -2.16. The Balaban J connectivity index is 0.00000161. The zero-order valence-corrected chi connectivity index (χ0v) is 13.7. The van der Waals surface area contributed by atoms with Crippen molar-refractivity contribution in [2.75, 3.05) is 13.1 Å². The van der Waals surface area contributed by atoms with E-state index in [1.54, 1.807) is 12.1 Å². The Morgan fingerprint density at radius 1 is 1.29 bits per heavy atom. The number of halogens is 3. The van der Waals surface area contributed by atoms with Gasteiger partial charge in [0, 0.05) is 25.0 Å². The van der Waals surface area contributed by atoms with Gasteiger partial charge < -0.3 is 15.4 Å². The van der Waals surface area contributed by atoms with E-state index in [-0.39, 0.29) is 29.7 Å². The number of alkyl halides is 2. The van der Waals surface area contributed by atoms with Crippen molar-refractivity contribution < 1.29 is 13.5 Å². The summed E-state index contributed by atoms with van der Waals surface area (Å²) in [5.74, 6) is 1.50. The summed E-state index contributed by atoms with van der Waals surface area (Å²) in [6, 6.07) is 7.25. The molecule has 1 aromatic carbocycles. The Morgan fingerprint density at radius 3 is 2.67 bits per heavy atom. The van der Waals surface area contributed by atoms with E-state index in [0.29, 0.717) is 12.0 Å². The van der Waals surface area contributed by atoms with Gasteiger partial charge >= 0.3 is 6.61 Å². The highest BCUT2D eigenvalue weighted by Crippen LogP contribution is 2.41. The molecular formula is C14H18F2IN3O. The van der Waals surface area contributed by atoms with Gasteiger partial charge in [0.05, 0.1) is 0 Å². The Hall–Kier alpha value is -1.12. The fourth-order valence-electron chi connectivity index (χ4n) is 2.42. The van der Waals surface area contributed by atoms with Crippen LogP contribution in [0.5, 0.6) is 5.75 Å². The third kappa shape index (κ3) is 4.42. The van der Waals surface area contributed by atoms with E-state index >= 15 is 0 Å². The van der Waals surface area contributed by atoms with Crippen LogP contribution in [0.1, 0.15) is 24.3 Å². The highest BCUT2D eigenvalue weighted by Gasteiger charge is 2.39. The standard InChI is InChI=1S/C14H17F2N3O.HI/c15-13(16)20-10-4-2-9(3-5-10)11-8-12(11)19-14-17-6-1-7-18-14;/h2-5,11-13H,1,6-8H2,(H2,17,18,19);1H/t11-,12+;/m0./s1. The molecule has 0 spiro atoms. The molecule has 0 bridgehead atoms. The zero-order chi connectivity index (χ0) is 13.9. The second kappa shape index (κ2) is 7.24. The molecule has 2 N–H and O–H groups in total. The van der Waals surface area contributed by atoms with E-state index in [2.05, 4.69) is 20.4 Å². The number of nitrogens with zero attached hydrogens (tertiary/aromatic N) is 1. The minimum absolute atomic E-state index is 0. The number of hydrogen-bond donors (Lipinski definition) is 2. The van der Waals surface area contributed by atoms with Crippen LogP contribution in [0.15, 0.2) is 29.3 Å². The largest absolute Gasteiger partial charge is 0.435 e. The van der Waals surface area contributed by atoms with Crippen LogP contribution in [0.2, 0.25) is 0 Å². The van der Waals surface area contributed by atoms with Crippen molar-refractivity contribution in [3.05, 3.63) is 29.8 Å². The number of ether oxygens (including phenoxy) is 1. The predicted molar refractivity (Wildman–Crippen MR) is 87.7 cm³/mol. The minimum atomic E-state index is -2.77. The molecule has 2 atom stereocenters. The fraction of sp³-hybridized carbons (Fsp3) is 0.500. The van der Waals surface area contributed by atoms with Crippen molar-refractivity contribution in [3.63, 3.8) is 0 Å². The fourth-order valence-corrected chi connectivity index (χ4v) is 2.42. The SMILES string of the molecule is FC(F)Oc1ccc([C@@H]2C[C@H]2NC2=NCCCN2)cc1.I. The molecule has 0 saturated heterocycles. The number of rotatable bonds is 4. The van der Waals surface area contributed by atoms with Gasteiger partial charge in [0.1, 0.15) is 5.75 Å². The highest BCUT2D eigenvalue weighted by atomic mass is 127. The summed E-state index contributed by atoms with van der Waals surface area (Å²) in [5.41, 5.74) is 1.14. The summed E-state index contributed by atoms with van der Waals surface area (Å²) in [6.45, 7) is -0.943.